The van der Waals surface area contributed by atoms with Crippen LogP contribution in [0.5, 0.6) is 0 Å². The van der Waals surface area contributed by atoms with E-state index in [2.05, 4.69) is 0 Å². The first kappa shape index (κ1) is 7.88. The molecule has 8 heavy (non-hydrogen) atoms. The molecular formula is C5H16N3+. The van der Waals surface area contributed by atoms with Crippen molar-refractivity contribution in [2.45, 2.75) is 26.8 Å². The zero-order valence-electron chi connectivity index (χ0n) is 5.89. The molecule has 0 fully saturated rings. The van der Waals surface area contributed by atoms with Gasteiger partial charge in [0.25, 0.3) is 0 Å². The number of nitrogens with zero attached hydrogens (tertiary/aromatic N) is 1. The maximum atomic E-state index is 5.57. The molecule has 0 spiro atoms. The Balaban J connectivity index is 3.71. The Bertz CT molecular complexity index is 68.1. The average molecular weight is 118 g/mol. The summed E-state index contributed by atoms with van der Waals surface area (Å²) >= 11 is 0. The Morgan fingerprint density at radius 2 is 1.75 bits per heavy atom. The molecule has 0 bridgehead atoms. The zero-order chi connectivity index (χ0) is 6.78. The van der Waals surface area contributed by atoms with Crippen molar-refractivity contribution in [1.82, 2.24) is 0 Å². The average Bonchev–Trinajstić information content (AvgIpc) is 1.67. The fourth-order valence-corrected chi connectivity index (χ4v) is 0.365. The SMILES string of the molecule is CC[N+](N)(N)C(C)C. The Kier molecular flexibility index (Phi) is 2.40. The lowest BCUT2D eigenvalue weighted by atomic mass is 10.3. The first-order valence-corrected chi connectivity index (χ1v) is 2.95. The molecule has 0 aliphatic rings. The number of hydrogen-bond acceptors (Lipinski definition) is 2. The summed E-state index contributed by atoms with van der Waals surface area (Å²) in [6.07, 6.45) is 0. The van der Waals surface area contributed by atoms with Gasteiger partial charge in [0.2, 0.25) is 0 Å². The summed E-state index contributed by atoms with van der Waals surface area (Å²) in [5.41, 5.74) is 0. The van der Waals surface area contributed by atoms with Crippen molar-refractivity contribution in [1.29, 1.82) is 0 Å². The Morgan fingerprint density at radius 1 is 1.38 bits per heavy atom. The van der Waals surface area contributed by atoms with Gasteiger partial charge in [-0.25, -0.2) is 0 Å². The second-order valence-corrected chi connectivity index (χ2v) is 2.40. The third-order valence-corrected chi connectivity index (χ3v) is 1.51. The second-order valence-electron chi connectivity index (χ2n) is 2.40. The molecular weight excluding hydrogens is 102 g/mol. The van der Waals surface area contributed by atoms with Crippen LogP contribution in [0.3, 0.4) is 0 Å². The van der Waals surface area contributed by atoms with E-state index in [0.29, 0.717) is 6.04 Å². The highest BCUT2D eigenvalue weighted by Crippen LogP contribution is 1.94. The summed E-state index contributed by atoms with van der Waals surface area (Å²) in [5, 5.41) is 0. The molecule has 4 N–H and O–H groups in total. The molecule has 0 aliphatic heterocycles. The lowest BCUT2D eigenvalue weighted by molar-refractivity contribution is -0.969. The van der Waals surface area contributed by atoms with Crippen molar-refractivity contribution in [3.63, 3.8) is 0 Å². The first-order valence-electron chi connectivity index (χ1n) is 2.95. The number of rotatable bonds is 2. The normalized spacial score (nSPS) is 12.8. The van der Waals surface area contributed by atoms with Crippen LogP contribution in [0.1, 0.15) is 20.8 Å². The summed E-state index contributed by atoms with van der Waals surface area (Å²) in [7, 11) is 0. The zero-order valence-corrected chi connectivity index (χ0v) is 5.89. The lowest BCUT2D eigenvalue weighted by Crippen LogP contribution is -2.64. The van der Waals surface area contributed by atoms with Crippen LogP contribution in [0.2, 0.25) is 0 Å². The van der Waals surface area contributed by atoms with E-state index in [9.17, 15) is 0 Å². The first-order chi connectivity index (χ1) is 3.50. The number of nitrogens with two attached hydrogens (primary N) is 2. The van der Waals surface area contributed by atoms with E-state index in [1.54, 1.807) is 0 Å². The lowest BCUT2D eigenvalue weighted by Gasteiger charge is -2.28. The van der Waals surface area contributed by atoms with E-state index in [1.807, 2.05) is 20.8 Å². The van der Waals surface area contributed by atoms with Gasteiger partial charge in [-0.3, -0.25) is 0 Å². The minimum absolute atomic E-state index is 0.125. The topological polar surface area (TPSA) is 52.0 Å². The van der Waals surface area contributed by atoms with Crippen LogP contribution in [-0.2, 0) is 0 Å². The van der Waals surface area contributed by atoms with E-state index in [1.165, 1.54) is 0 Å². The molecule has 0 amide bonds. The number of quaternary nitrogens is 1. The van der Waals surface area contributed by atoms with Gasteiger partial charge >= 0.3 is 0 Å². The van der Waals surface area contributed by atoms with Crippen LogP contribution in [0.4, 0.5) is 0 Å². The molecule has 0 aromatic rings. The van der Waals surface area contributed by atoms with Crippen molar-refractivity contribution in [3.8, 4) is 0 Å². The van der Waals surface area contributed by atoms with E-state index < -0.39 is 0 Å². The molecule has 0 unspecified atom stereocenters. The largest absolute Gasteiger partial charge is 0.174 e. The molecule has 0 atom stereocenters. The van der Waals surface area contributed by atoms with Gasteiger partial charge in [0.15, 0.2) is 0 Å². The molecule has 0 aliphatic carbocycles. The van der Waals surface area contributed by atoms with Gasteiger partial charge in [-0.15, -0.1) is 0 Å². The Labute approximate surface area is 50.8 Å². The van der Waals surface area contributed by atoms with Gasteiger partial charge in [-0.2, -0.15) is 16.4 Å². The van der Waals surface area contributed by atoms with E-state index in [-0.39, 0.29) is 4.70 Å². The summed E-state index contributed by atoms with van der Waals surface area (Å²) in [6.45, 7) is 6.75. The van der Waals surface area contributed by atoms with Crippen LogP contribution in [0.15, 0.2) is 0 Å². The summed E-state index contributed by atoms with van der Waals surface area (Å²) < 4.78 is 0.125. The van der Waals surface area contributed by atoms with Crippen molar-refractivity contribution in [2.75, 3.05) is 6.54 Å². The molecule has 0 radical (unpaired) electrons. The molecule has 0 aromatic carbocycles. The van der Waals surface area contributed by atoms with Crippen molar-refractivity contribution in [2.24, 2.45) is 11.7 Å². The predicted octanol–water partition coefficient (Wildman–Crippen LogP) is -0.0211. The number of hydrogen-bond donors (Lipinski definition) is 2. The maximum Gasteiger partial charge on any atom is 0.119 e. The van der Waals surface area contributed by atoms with E-state index >= 15 is 0 Å². The van der Waals surface area contributed by atoms with Crippen LogP contribution >= 0.6 is 0 Å². The third kappa shape index (κ3) is 1.78. The predicted molar refractivity (Wildman–Crippen MR) is 34.3 cm³/mol. The molecule has 0 saturated heterocycles. The second kappa shape index (κ2) is 2.44. The Morgan fingerprint density at radius 3 is 1.75 bits per heavy atom. The fourth-order valence-electron chi connectivity index (χ4n) is 0.365. The van der Waals surface area contributed by atoms with Crippen molar-refractivity contribution >= 4 is 0 Å². The van der Waals surface area contributed by atoms with Crippen molar-refractivity contribution < 1.29 is 4.70 Å². The van der Waals surface area contributed by atoms with E-state index in [0.717, 1.165) is 6.54 Å². The van der Waals surface area contributed by atoms with E-state index in [4.69, 9.17) is 11.7 Å². The smallest absolute Gasteiger partial charge is 0.119 e. The highest BCUT2D eigenvalue weighted by molar-refractivity contribution is 4.32. The highest BCUT2D eigenvalue weighted by Gasteiger charge is 2.18. The van der Waals surface area contributed by atoms with Crippen LogP contribution in [0, 0.1) is 0 Å². The molecule has 0 saturated carbocycles. The van der Waals surface area contributed by atoms with Gasteiger partial charge in [0, 0.05) is 0 Å². The maximum absolute atomic E-state index is 5.57. The molecule has 3 heteroatoms. The summed E-state index contributed by atoms with van der Waals surface area (Å²) in [4.78, 5) is 0. The van der Waals surface area contributed by atoms with Gasteiger partial charge in [0.1, 0.15) is 12.6 Å². The van der Waals surface area contributed by atoms with Crippen LogP contribution in [-0.4, -0.2) is 17.3 Å². The minimum Gasteiger partial charge on any atom is -0.174 e. The standard InChI is InChI=1S/C5H16N3/c1-4-8(6,7)5(2)3/h5H,4,6-7H2,1-3H3/q+1. The summed E-state index contributed by atoms with van der Waals surface area (Å²) in [6, 6.07) is 0.306. The minimum atomic E-state index is 0.125. The van der Waals surface area contributed by atoms with Gasteiger partial charge in [0.05, 0.1) is 0 Å². The van der Waals surface area contributed by atoms with Crippen LogP contribution < -0.4 is 11.7 Å². The summed E-state index contributed by atoms with van der Waals surface area (Å²) in [5.74, 6) is 11.1. The molecule has 3 nitrogen and oxygen atoms in total. The quantitative estimate of drug-likeness (QED) is 0.304. The molecule has 0 aromatic heterocycles. The van der Waals surface area contributed by atoms with Gasteiger partial charge < -0.3 is 0 Å². The highest BCUT2D eigenvalue weighted by atomic mass is 15.8. The van der Waals surface area contributed by atoms with Gasteiger partial charge in [-0.05, 0) is 20.8 Å². The monoisotopic (exact) mass is 118 g/mol. The van der Waals surface area contributed by atoms with Crippen LogP contribution in [0.25, 0.3) is 0 Å². The molecule has 0 rings (SSSR count). The van der Waals surface area contributed by atoms with Gasteiger partial charge in [-0.1, -0.05) is 0 Å². The Hall–Kier alpha value is -0.120. The van der Waals surface area contributed by atoms with Crippen molar-refractivity contribution in [3.05, 3.63) is 0 Å². The molecule has 50 valence electrons. The fraction of sp³-hybridized carbons (Fsp3) is 1.00. The molecule has 0 heterocycles. The third-order valence-electron chi connectivity index (χ3n) is 1.51.